The molecule has 0 fully saturated rings. The second-order valence-electron chi connectivity index (χ2n) is 5.43. The number of rotatable bonds is 4. The molecule has 1 rings (SSSR count). The van der Waals surface area contributed by atoms with Crippen molar-refractivity contribution in [1.29, 1.82) is 0 Å². The Morgan fingerprint density at radius 1 is 1.69 bits per heavy atom. The fourth-order valence-corrected chi connectivity index (χ4v) is 2.54. The normalized spacial score (nSPS) is 29.1. The van der Waals surface area contributed by atoms with Gasteiger partial charge in [0.25, 0.3) is 0 Å². The van der Waals surface area contributed by atoms with Crippen molar-refractivity contribution in [3.63, 3.8) is 0 Å². The Morgan fingerprint density at radius 3 is 2.81 bits per heavy atom. The average molecular weight is 220 g/mol. The minimum Gasteiger partial charge on any atom is -0.386 e. The van der Waals surface area contributed by atoms with Gasteiger partial charge in [-0.15, -0.1) is 6.58 Å². The van der Waals surface area contributed by atoms with Crippen LogP contribution in [0.5, 0.6) is 0 Å². The average Bonchev–Trinajstić information content (AvgIpc) is 2.16. The zero-order valence-corrected chi connectivity index (χ0v) is 10.8. The summed E-state index contributed by atoms with van der Waals surface area (Å²) in [5.74, 6) is 0.911. The predicted octanol–water partition coefficient (Wildman–Crippen LogP) is 3.86. The Bertz CT molecular complexity index is 309. The molecule has 0 saturated carbocycles. The van der Waals surface area contributed by atoms with Crippen LogP contribution in [0.1, 0.15) is 40.0 Å². The minimum atomic E-state index is -0.771. The number of hydrogen-bond donors (Lipinski definition) is 1. The first-order valence-corrected chi connectivity index (χ1v) is 6.04. The summed E-state index contributed by atoms with van der Waals surface area (Å²) in [7, 11) is 0. The van der Waals surface area contributed by atoms with E-state index < -0.39 is 5.60 Å². The summed E-state index contributed by atoms with van der Waals surface area (Å²) < 4.78 is 0. The highest BCUT2D eigenvalue weighted by atomic mass is 16.3. The van der Waals surface area contributed by atoms with Crippen LogP contribution in [-0.2, 0) is 0 Å². The van der Waals surface area contributed by atoms with Crippen molar-refractivity contribution in [2.45, 2.75) is 45.6 Å². The lowest BCUT2D eigenvalue weighted by atomic mass is 9.73. The van der Waals surface area contributed by atoms with E-state index in [1.807, 2.05) is 6.92 Å². The van der Waals surface area contributed by atoms with Gasteiger partial charge in [0.05, 0.1) is 5.60 Å². The molecular weight excluding hydrogens is 196 g/mol. The second-order valence-corrected chi connectivity index (χ2v) is 5.43. The van der Waals surface area contributed by atoms with Crippen LogP contribution < -0.4 is 0 Å². The third kappa shape index (κ3) is 3.34. The summed E-state index contributed by atoms with van der Waals surface area (Å²) in [5, 5.41) is 10.1. The molecule has 0 radical (unpaired) electrons. The molecule has 0 bridgehead atoms. The topological polar surface area (TPSA) is 20.2 Å². The standard InChI is InChI=1S/C15H24O/c1-6-15(5,16)10-13-9-12(4)7-8-14(13)11(2)3/h6,9,13-14,16H,1-2,7-8,10H2,3-5H3/t13-,14-,15-/m1/s1. The van der Waals surface area contributed by atoms with Crippen LogP contribution >= 0.6 is 0 Å². The van der Waals surface area contributed by atoms with Crippen LogP contribution in [0.2, 0.25) is 0 Å². The first kappa shape index (κ1) is 13.2. The summed E-state index contributed by atoms with van der Waals surface area (Å²) in [6, 6.07) is 0. The largest absolute Gasteiger partial charge is 0.386 e. The van der Waals surface area contributed by atoms with Crippen molar-refractivity contribution < 1.29 is 5.11 Å². The molecule has 3 atom stereocenters. The first-order chi connectivity index (χ1) is 7.35. The fourth-order valence-electron chi connectivity index (χ4n) is 2.54. The molecule has 90 valence electrons. The Morgan fingerprint density at radius 2 is 2.31 bits per heavy atom. The SMILES string of the molecule is C=C[C@@](C)(O)C[C@H]1C=C(C)CC[C@@H]1C(=C)C. The molecule has 16 heavy (non-hydrogen) atoms. The van der Waals surface area contributed by atoms with E-state index in [-0.39, 0.29) is 0 Å². The van der Waals surface area contributed by atoms with Gasteiger partial charge < -0.3 is 5.11 Å². The highest BCUT2D eigenvalue weighted by Gasteiger charge is 2.29. The van der Waals surface area contributed by atoms with Gasteiger partial charge in [-0.1, -0.05) is 29.9 Å². The Hall–Kier alpha value is -0.820. The smallest absolute Gasteiger partial charge is 0.0802 e. The summed E-state index contributed by atoms with van der Waals surface area (Å²) in [5.41, 5.74) is 1.89. The van der Waals surface area contributed by atoms with Gasteiger partial charge in [-0.05, 0) is 51.9 Å². The van der Waals surface area contributed by atoms with Crippen molar-refractivity contribution in [2.75, 3.05) is 0 Å². The van der Waals surface area contributed by atoms with Gasteiger partial charge in [0.15, 0.2) is 0 Å². The molecule has 0 unspecified atom stereocenters. The summed E-state index contributed by atoms with van der Waals surface area (Å²) in [4.78, 5) is 0. The third-order valence-electron chi connectivity index (χ3n) is 3.59. The van der Waals surface area contributed by atoms with E-state index in [1.165, 1.54) is 11.1 Å². The first-order valence-electron chi connectivity index (χ1n) is 6.04. The molecule has 1 N–H and O–H groups in total. The van der Waals surface area contributed by atoms with Crippen molar-refractivity contribution in [2.24, 2.45) is 11.8 Å². The van der Waals surface area contributed by atoms with Gasteiger partial charge in [0.1, 0.15) is 0 Å². The lowest BCUT2D eigenvalue weighted by Crippen LogP contribution is -2.29. The summed E-state index contributed by atoms with van der Waals surface area (Å²) in [6.45, 7) is 13.9. The molecule has 1 heteroatoms. The summed E-state index contributed by atoms with van der Waals surface area (Å²) >= 11 is 0. The zero-order valence-electron chi connectivity index (χ0n) is 10.8. The molecular formula is C15H24O. The van der Waals surface area contributed by atoms with Gasteiger partial charge in [-0.3, -0.25) is 0 Å². The number of aliphatic hydroxyl groups is 1. The van der Waals surface area contributed by atoms with Crippen LogP contribution in [0.15, 0.2) is 36.5 Å². The van der Waals surface area contributed by atoms with E-state index in [1.54, 1.807) is 6.08 Å². The highest BCUT2D eigenvalue weighted by molar-refractivity contribution is 5.15. The molecule has 0 amide bonds. The van der Waals surface area contributed by atoms with Crippen molar-refractivity contribution in [3.8, 4) is 0 Å². The van der Waals surface area contributed by atoms with Crippen molar-refractivity contribution >= 4 is 0 Å². The van der Waals surface area contributed by atoms with E-state index in [0.717, 1.165) is 19.3 Å². The van der Waals surface area contributed by atoms with Crippen molar-refractivity contribution in [1.82, 2.24) is 0 Å². The fraction of sp³-hybridized carbons (Fsp3) is 0.600. The maximum atomic E-state index is 10.1. The van der Waals surface area contributed by atoms with Crippen LogP contribution in [0.3, 0.4) is 0 Å². The second kappa shape index (κ2) is 5.01. The molecule has 1 aliphatic rings. The molecule has 0 aliphatic heterocycles. The van der Waals surface area contributed by atoms with Gasteiger partial charge in [-0.2, -0.15) is 0 Å². The molecule has 0 aromatic carbocycles. The van der Waals surface area contributed by atoms with Crippen LogP contribution in [0.25, 0.3) is 0 Å². The highest BCUT2D eigenvalue weighted by Crippen LogP contribution is 2.37. The maximum absolute atomic E-state index is 10.1. The molecule has 1 aliphatic carbocycles. The predicted molar refractivity (Wildman–Crippen MR) is 70.2 cm³/mol. The molecule has 0 aromatic rings. The van der Waals surface area contributed by atoms with Crippen molar-refractivity contribution in [3.05, 3.63) is 36.5 Å². The molecule has 0 aromatic heterocycles. The number of allylic oxidation sites excluding steroid dienone is 3. The number of hydrogen-bond acceptors (Lipinski definition) is 1. The zero-order chi connectivity index (χ0) is 12.3. The van der Waals surface area contributed by atoms with Gasteiger partial charge in [0.2, 0.25) is 0 Å². The van der Waals surface area contributed by atoms with Gasteiger partial charge in [-0.25, -0.2) is 0 Å². The minimum absolute atomic E-state index is 0.402. The van der Waals surface area contributed by atoms with Gasteiger partial charge in [0, 0.05) is 0 Å². The quantitative estimate of drug-likeness (QED) is 0.713. The maximum Gasteiger partial charge on any atom is 0.0802 e. The third-order valence-corrected chi connectivity index (χ3v) is 3.59. The molecule has 1 nitrogen and oxygen atoms in total. The lowest BCUT2D eigenvalue weighted by Gasteiger charge is -2.34. The molecule has 0 heterocycles. The van der Waals surface area contributed by atoms with Gasteiger partial charge >= 0.3 is 0 Å². The van der Waals surface area contributed by atoms with E-state index >= 15 is 0 Å². The Kier molecular flexibility index (Phi) is 4.15. The monoisotopic (exact) mass is 220 g/mol. The van der Waals surface area contributed by atoms with E-state index in [4.69, 9.17) is 0 Å². The Balaban J connectivity index is 2.84. The van der Waals surface area contributed by atoms with Crippen LogP contribution in [-0.4, -0.2) is 10.7 Å². The van der Waals surface area contributed by atoms with Crippen LogP contribution in [0, 0.1) is 11.8 Å². The summed E-state index contributed by atoms with van der Waals surface area (Å²) in [6.07, 6.45) is 7.01. The Labute approximate surface area is 99.6 Å². The molecule has 0 spiro atoms. The molecule has 0 saturated heterocycles. The van der Waals surface area contributed by atoms with E-state index in [9.17, 15) is 5.11 Å². The lowest BCUT2D eigenvalue weighted by molar-refractivity contribution is 0.0799. The van der Waals surface area contributed by atoms with E-state index in [0.29, 0.717) is 11.8 Å². The van der Waals surface area contributed by atoms with E-state index in [2.05, 4.69) is 33.1 Å². The van der Waals surface area contributed by atoms with Crippen LogP contribution in [0.4, 0.5) is 0 Å².